The first-order chi connectivity index (χ1) is 12.7. The number of hydrogen-bond donors (Lipinski definition) is 2. The van der Waals surface area contributed by atoms with E-state index in [1.54, 1.807) is 0 Å². The van der Waals surface area contributed by atoms with Gasteiger partial charge in [0.2, 0.25) is 10.0 Å². The third kappa shape index (κ3) is 5.03. The monoisotopic (exact) mass is 414 g/mol. The number of rotatable bonds is 6. The van der Waals surface area contributed by atoms with Gasteiger partial charge in [-0.2, -0.15) is 0 Å². The zero-order valence-corrected chi connectivity index (χ0v) is 15.9. The minimum atomic E-state index is -3.80. The molecular weight excluding hydrogens is 399 g/mol. The van der Waals surface area contributed by atoms with E-state index in [2.05, 4.69) is 10.0 Å². The molecule has 2 aromatic rings. The van der Waals surface area contributed by atoms with Crippen LogP contribution < -0.4 is 10.0 Å². The molecule has 2 aromatic carbocycles. The highest BCUT2D eigenvalue weighted by Gasteiger charge is 2.23. The normalized spacial score (nSPS) is 12.3. The Labute approximate surface area is 160 Å². The summed E-state index contributed by atoms with van der Waals surface area (Å²) < 4.78 is 44.4. The van der Waals surface area contributed by atoms with Crippen LogP contribution >= 0.6 is 11.6 Å². The summed E-state index contributed by atoms with van der Waals surface area (Å²) in [6.45, 7) is 1.29. The number of benzene rings is 2. The molecule has 1 unspecified atom stereocenters. The summed E-state index contributed by atoms with van der Waals surface area (Å²) in [6, 6.07) is 9.00. The molecule has 0 aliphatic rings. The summed E-state index contributed by atoms with van der Waals surface area (Å²) in [6.07, 6.45) is -1.28. The summed E-state index contributed by atoms with van der Waals surface area (Å²) in [7, 11) is -2.58. The van der Waals surface area contributed by atoms with Crippen LogP contribution in [0.2, 0.25) is 5.02 Å². The molecule has 0 radical (unpaired) electrons. The Bertz CT molecular complexity index is 981. The average Bonchev–Trinajstić information content (AvgIpc) is 2.63. The van der Waals surface area contributed by atoms with Crippen LogP contribution in [0, 0.1) is 5.82 Å². The fraction of sp³-hybridized carbons (Fsp3) is 0.176. The second kappa shape index (κ2) is 8.47. The molecule has 144 valence electrons. The molecule has 0 fully saturated rings. The van der Waals surface area contributed by atoms with Crippen molar-refractivity contribution in [3.05, 3.63) is 58.9 Å². The quantitative estimate of drug-likeness (QED) is 0.707. The third-order valence-corrected chi connectivity index (χ3v) is 5.26. The Morgan fingerprint density at radius 1 is 1.19 bits per heavy atom. The van der Waals surface area contributed by atoms with Gasteiger partial charge in [0.1, 0.15) is 5.82 Å². The Morgan fingerprint density at radius 3 is 2.48 bits per heavy atom. The number of amides is 1. The average molecular weight is 415 g/mol. The molecule has 2 rings (SSSR count). The van der Waals surface area contributed by atoms with Gasteiger partial charge in [-0.3, -0.25) is 4.79 Å². The van der Waals surface area contributed by atoms with E-state index in [1.807, 2.05) is 0 Å². The van der Waals surface area contributed by atoms with Gasteiger partial charge in [-0.15, -0.1) is 0 Å². The van der Waals surface area contributed by atoms with Crippen LogP contribution in [0.1, 0.15) is 17.3 Å². The molecule has 0 aromatic heterocycles. The molecule has 7 nitrogen and oxygen atoms in total. The van der Waals surface area contributed by atoms with Gasteiger partial charge in [-0.05, 0) is 44.3 Å². The molecule has 0 saturated carbocycles. The number of carbonyl (C=O) groups is 2. The van der Waals surface area contributed by atoms with E-state index in [1.165, 1.54) is 50.4 Å². The molecule has 1 amide bonds. The number of nitrogens with one attached hydrogen (secondary N) is 2. The summed E-state index contributed by atoms with van der Waals surface area (Å²) in [5.41, 5.74) is -0.288. The summed E-state index contributed by atoms with van der Waals surface area (Å²) >= 11 is 5.93. The number of ether oxygens (including phenoxy) is 1. The van der Waals surface area contributed by atoms with Crippen molar-refractivity contribution in [3.8, 4) is 0 Å². The van der Waals surface area contributed by atoms with Crippen molar-refractivity contribution in [2.24, 2.45) is 0 Å². The van der Waals surface area contributed by atoms with Crippen molar-refractivity contribution in [2.45, 2.75) is 17.9 Å². The van der Waals surface area contributed by atoms with Crippen LogP contribution in [0.3, 0.4) is 0 Å². The van der Waals surface area contributed by atoms with E-state index < -0.39 is 33.8 Å². The topological polar surface area (TPSA) is 102 Å². The van der Waals surface area contributed by atoms with Gasteiger partial charge in [0.05, 0.1) is 21.2 Å². The minimum Gasteiger partial charge on any atom is -0.449 e. The second-order valence-corrected chi connectivity index (χ2v) is 7.66. The maximum absolute atomic E-state index is 13.6. The number of halogens is 2. The fourth-order valence-corrected chi connectivity index (χ4v) is 2.97. The zero-order chi connectivity index (χ0) is 20.2. The third-order valence-electron chi connectivity index (χ3n) is 3.52. The van der Waals surface area contributed by atoms with Crippen molar-refractivity contribution in [3.63, 3.8) is 0 Å². The highest BCUT2D eigenvalue weighted by Crippen LogP contribution is 2.22. The van der Waals surface area contributed by atoms with Crippen LogP contribution in [-0.2, 0) is 19.6 Å². The van der Waals surface area contributed by atoms with Crippen LogP contribution in [0.4, 0.5) is 10.1 Å². The highest BCUT2D eigenvalue weighted by molar-refractivity contribution is 7.89. The van der Waals surface area contributed by atoms with E-state index in [4.69, 9.17) is 16.3 Å². The van der Waals surface area contributed by atoms with Gasteiger partial charge < -0.3 is 10.1 Å². The molecular formula is C17H16ClFN2O5S. The van der Waals surface area contributed by atoms with Gasteiger partial charge >= 0.3 is 5.97 Å². The summed E-state index contributed by atoms with van der Waals surface area (Å²) in [5, 5.41) is 2.25. The van der Waals surface area contributed by atoms with Gasteiger partial charge in [0, 0.05) is 0 Å². The predicted octanol–water partition coefficient (Wildman–Crippen LogP) is 2.57. The molecule has 2 N–H and O–H groups in total. The SMILES string of the molecule is CNS(=O)(=O)c1ccc(Cl)c(C(=O)OC(C)C(=O)Nc2ccccc2F)c1. The molecule has 0 aliphatic carbocycles. The van der Waals surface area contributed by atoms with E-state index >= 15 is 0 Å². The smallest absolute Gasteiger partial charge is 0.340 e. The number of para-hydroxylation sites is 1. The van der Waals surface area contributed by atoms with E-state index in [-0.39, 0.29) is 21.2 Å². The van der Waals surface area contributed by atoms with Gasteiger partial charge in [0.25, 0.3) is 5.91 Å². The molecule has 0 heterocycles. The lowest BCUT2D eigenvalue weighted by Gasteiger charge is -2.15. The largest absolute Gasteiger partial charge is 0.449 e. The van der Waals surface area contributed by atoms with E-state index in [0.717, 1.165) is 6.07 Å². The molecule has 10 heteroatoms. The van der Waals surface area contributed by atoms with E-state index in [9.17, 15) is 22.4 Å². The minimum absolute atomic E-state index is 0.0447. The standard InChI is InChI=1S/C17H16ClFN2O5S/c1-10(16(22)21-15-6-4-3-5-14(15)19)26-17(23)12-9-11(7-8-13(12)18)27(24,25)20-2/h3-10,20H,1-2H3,(H,21,22). The molecule has 27 heavy (non-hydrogen) atoms. The van der Waals surface area contributed by atoms with Crippen LogP contribution in [0.25, 0.3) is 0 Å². The first kappa shape index (κ1) is 20.8. The van der Waals surface area contributed by atoms with Crippen molar-refractivity contribution in [1.82, 2.24) is 4.72 Å². The first-order valence-electron chi connectivity index (χ1n) is 7.65. The maximum Gasteiger partial charge on any atom is 0.340 e. The molecule has 0 spiro atoms. The number of anilines is 1. The lowest BCUT2D eigenvalue weighted by atomic mass is 10.2. The maximum atomic E-state index is 13.6. The predicted molar refractivity (Wildman–Crippen MR) is 97.6 cm³/mol. The van der Waals surface area contributed by atoms with Crippen LogP contribution in [0.15, 0.2) is 47.4 Å². The Kier molecular flexibility index (Phi) is 6.53. The highest BCUT2D eigenvalue weighted by atomic mass is 35.5. The molecule has 0 bridgehead atoms. The lowest BCUT2D eigenvalue weighted by molar-refractivity contribution is -0.123. The number of sulfonamides is 1. The fourth-order valence-electron chi connectivity index (χ4n) is 2.02. The number of carbonyl (C=O) groups excluding carboxylic acids is 2. The lowest BCUT2D eigenvalue weighted by Crippen LogP contribution is -2.30. The second-order valence-electron chi connectivity index (χ2n) is 5.37. The van der Waals surface area contributed by atoms with Crippen LogP contribution in [-0.4, -0.2) is 33.4 Å². The summed E-state index contributed by atoms with van der Waals surface area (Å²) in [4.78, 5) is 24.2. The Balaban J connectivity index is 2.15. The number of esters is 1. The van der Waals surface area contributed by atoms with E-state index in [0.29, 0.717) is 0 Å². The van der Waals surface area contributed by atoms with Crippen LogP contribution in [0.5, 0.6) is 0 Å². The number of hydrogen-bond acceptors (Lipinski definition) is 5. The first-order valence-corrected chi connectivity index (χ1v) is 9.51. The van der Waals surface area contributed by atoms with Gasteiger partial charge in [-0.1, -0.05) is 23.7 Å². The van der Waals surface area contributed by atoms with Crippen molar-refractivity contribution in [2.75, 3.05) is 12.4 Å². The molecule has 0 saturated heterocycles. The molecule has 1 atom stereocenters. The van der Waals surface area contributed by atoms with Gasteiger partial charge in [0.15, 0.2) is 6.10 Å². The molecule has 0 aliphatic heterocycles. The van der Waals surface area contributed by atoms with Gasteiger partial charge in [-0.25, -0.2) is 22.3 Å². The zero-order valence-electron chi connectivity index (χ0n) is 14.3. The summed E-state index contributed by atoms with van der Waals surface area (Å²) in [5.74, 6) is -2.40. The van der Waals surface area contributed by atoms with Crippen molar-refractivity contribution >= 4 is 39.2 Å². The van der Waals surface area contributed by atoms with Crippen molar-refractivity contribution < 1.29 is 27.1 Å². The van der Waals surface area contributed by atoms with Crippen molar-refractivity contribution in [1.29, 1.82) is 0 Å². The Morgan fingerprint density at radius 2 is 1.85 bits per heavy atom. The Hall–Kier alpha value is -2.49.